The molecule has 33 heavy (non-hydrogen) atoms. The van der Waals surface area contributed by atoms with Gasteiger partial charge in [0.05, 0.1) is 5.69 Å². The molecule has 4 aromatic carbocycles. The Balaban J connectivity index is 1.83. The number of nitrogens with one attached hydrogen (secondary N) is 1. The van der Waals surface area contributed by atoms with Gasteiger partial charge in [-0.2, -0.15) is 0 Å². The number of hydrogen-bond acceptors (Lipinski definition) is 2. The number of fused-ring (bicyclic) bond motifs is 3. The fourth-order valence-electron chi connectivity index (χ4n) is 5.02. The minimum Gasteiger partial charge on any atom is -0.398 e. The smallest absolute Gasteiger partial charge is 0.0545 e. The van der Waals surface area contributed by atoms with Crippen LogP contribution >= 0.6 is 0 Å². The summed E-state index contributed by atoms with van der Waals surface area (Å²) in [7, 11) is 0. The van der Waals surface area contributed by atoms with Crippen LogP contribution in [0.4, 0.5) is 17.1 Å². The summed E-state index contributed by atoms with van der Waals surface area (Å²) in [4.78, 5) is 0. The van der Waals surface area contributed by atoms with E-state index in [9.17, 15) is 0 Å². The highest BCUT2D eigenvalue weighted by Gasteiger charge is 2.28. The normalized spacial score (nSPS) is 16.6. The molecule has 0 aliphatic heterocycles. The van der Waals surface area contributed by atoms with Crippen LogP contribution in [0, 0.1) is 6.92 Å². The summed E-state index contributed by atoms with van der Waals surface area (Å²) in [6.45, 7) is 11.1. The molecule has 0 radical (unpaired) electrons. The molecular weight excluding hydrogens is 400 g/mol. The number of anilines is 3. The van der Waals surface area contributed by atoms with Crippen molar-refractivity contribution in [3.05, 3.63) is 102 Å². The van der Waals surface area contributed by atoms with E-state index in [1.165, 1.54) is 22.1 Å². The number of hydrogen-bond donors (Lipinski definition) is 2. The Morgan fingerprint density at radius 1 is 0.909 bits per heavy atom. The van der Waals surface area contributed by atoms with Gasteiger partial charge in [0.15, 0.2) is 0 Å². The maximum Gasteiger partial charge on any atom is 0.0545 e. The fraction of sp³-hybridized carbons (Fsp3) is 0.226. The van der Waals surface area contributed by atoms with E-state index in [1.807, 2.05) is 0 Å². The van der Waals surface area contributed by atoms with Crippen molar-refractivity contribution in [1.29, 1.82) is 0 Å². The lowest BCUT2D eigenvalue weighted by Gasteiger charge is -2.30. The van der Waals surface area contributed by atoms with Gasteiger partial charge in [-0.15, -0.1) is 0 Å². The SMILES string of the molecule is C=C1/C=C\CCCc2cc3c(Nc4ccc(C)cc4)c4ccccc4c(N)c3cc2C1(C)C. The molecule has 0 saturated carbocycles. The van der Waals surface area contributed by atoms with Gasteiger partial charge in [-0.25, -0.2) is 0 Å². The van der Waals surface area contributed by atoms with Crippen LogP contribution in [0.3, 0.4) is 0 Å². The second-order valence-electron chi connectivity index (χ2n) is 9.83. The third kappa shape index (κ3) is 3.70. The van der Waals surface area contributed by atoms with Gasteiger partial charge in [-0.3, -0.25) is 0 Å². The summed E-state index contributed by atoms with van der Waals surface area (Å²) < 4.78 is 0. The van der Waals surface area contributed by atoms with E-state index in [4.69, 9.17) is 5.73 Å². The molecule has 0 saturated heterocycles. The molecule has 2 heteroatoms. The molecule has 0 bridgehead atoms. The molecule has 0 spiro atoms. The largest absolute Gasteiger partial charge is 0.398 e. The van der Waals surface area contributed by atoms with Crippen molar-refractivity contribution in [1.82, 2.24) is 0 Å². The molecule has 4 aromatic rings. The number of allylic oxidation sites excluding steroid dienone is 3. The van der Waals surface area contributed by atoms with E-state index in [2.05, 4.69) is 105 Å². The number of aryl methyl sites for hydroxylation is 2. The average molecular weight is 433 g/mol. The van der Waals surface area contributed by atoms with Crippen molar-refractivity contribution in [3.8, 4) is 0 Å². The van der Waals surface area contributed by atoms with E-state index in [0.29, 0.717) is 0 Å². The Bertz CT molecular complexity index is 1410. The second-order valence-corrected chi connectivity index (χ2v) is 9.83. The van der Waals surface area contributed by atoms with Crippen LogP contribution < -0.4 is 11.1 Å². The highest BCUT2D eigenvalue weighted by molar-refractivity contribution is 6.20. The second kappa shape index (κ2) is 8.12. The van der Waals surface area contributed by atoms with Crippen molar-refractivity contribution in [2.24, 2.45) is 0 Å². The molecule has 0 aromatic heterocycles. The van der Waals surface area contributed by atoms with Crippen molar-refractivity contribution in [3.63, 3.8) is 0 Å². The molecule has 0 amide bonds. The Kier molecular flexibility index (Phi) is 5.25. The maximum absolute atomic E-state index is 6.83. The lowest BCUT2D eigenvalue weighted by molar-refractivity contribution is 0.633. The van der Waals surface area contributed by atoms with Gasteiger partial charge in [0, 0.05) is 38.3 Å². The average Bonchev–Trinajstić information content (AvgIpc) is 2.86. The highest BCUT2D eigenvalue weighted by Crippen LogP contribution is 2.44. The number of benzene rings is 4. The van der Waals surface area contributed by atoms with E-state index in [0.717, 1.165) is 58.1 Å². The molecule has 0 fully saturated rings. The van der Waals surface area contributed by atoms with E-state index in [-0.39, 0.29) is 5.41 Å². The summed E-state index contributed by atoms with van der Waals surface area (Å²) in [5.74, 6) is 0. The van der Waals surface area contributed by atoms with Crippen LogP contribution in [-0.2, 0) is 11.8 Å². The molecule has 0 atom stereocenters. The monoisotopic (exact) mass is 432 g/mol. The minimum absolute atomic E-state index is 0.160. The molecule has 0 heterocycles. The molecule has 2 nitrogen and oxygen atoms in total. The Labute approximate surface area is 196 Å². The molecule has 0 unspecified atom stereocenters. The quantitative estimate of drug-likeness (QED) is 0.190. The Morgan fingerprint density at radius 2 is 1.64 bits per heavy atom. The Hall–Kier alpha value is -3.52. The van der Waals surface area contributed by atoms with Crippen molar-refractivity contribution >= 4 is 38.6 Å². The lowest BCUT2D eigenvalue weighted by atomic mass is 9.74. The summed E-state index contributed by atoms with van der Waals surface area (Å²) >= 11 is 0. The van der Waals surface area contributed by atoms with Crippen molar-refractivity contribution in [2.45, 2.75) is 45.4 Å². The molecule has 166 valence electrons. The predicted molar refractivity (Wildman–Crippen MR) is 145 cm³/mol. The molecular formula is C31H32N2. The van der Waals surface area contributed by atoms with Crippen LogP contribution in [-0.4, -0.2) is 0 Å². The van der Waals surface area contributed by atoms with Crippen LogP contribution in [0.5, 0.6) is 0 Å². The lowest BCUT2D eigenvalue weighted by Crippen LogP contribution is -2.21. The zero-order chi connectivity index (χ0) is 23.2. The minimum atomic E-state index is -0.160. The predicted octanol–water partition coefficient (Wildman–Crippen LogP) is 8.35. The van der Waals surface area contributed by atoms with Gasteiger partial charge in [-0.1, -0.05) is 74.5 Å². The first-order valence-corrected chi connectivity index (χ1v) is 11.8. The van der Waals surface area contributed by atoms with Crippen LogP contribution in [0.2, 0.25) is 0 Å². The third-order valence-electron chi connectivity index (χ3n) is 7.22. The van der Waals surface area contributed by atoms with Crippen LogP contribution in [0.15, 0.2) is 85.0 Å². The van der Waals surface area contributed by atoms with Gasteiger partial charge in [0.1, 0.15) is 0 Å². The van der Waals surface area contributed by atoms with Crippen molar-refractivity contribution in [2.75, 3.05) is 11.1 Å². The number of rotatable bonds is 2. The number of nitrogens with two attached hydrogens (primary N) is 1. The summed E-state index contributed by atoms with van der Waals surface area (Å²) in [5.41, 5.74) is 14.8. The van der Waals surface area contributed by atoms with Gasteiger partial charge < -0.3 is 11.1 Å². The summed E-state index contributed by atoms with van der Waals surface area (Å²) in [6.07, 6.45) is 7.71. The van der Waals surface area contributed by atoms with Gasteiger partial charge in [0.25, 0.3) is 0 Å². The van der Waals surface area contributed by atoms with E-state index < -0.39 is 0 Å². The molecule has 1 aliphatic rings. The van der Waals surface area contributed by atoms with Gasteiger partial charge >= 0.3 is 0 Å². The first-order valence-electron chi connectivity index (χ1n) is 11.8. The molecule has 1 aliphatic carbocycles. The maximum atomic E-state index is 6.83. The summed E-state index contributed by atoms with van der Waals surface area (Å²) in [6, 6.07) is 21.7. The van der Waals surface area contributed by atoms with Crippen LogP contribution in [0.25, 0.3) is 21.5 Å². The molecule has 5 rings (SSSR count). The molecule has 3 N–H and O–H groups in total. The third-order valence-corrected chi connectivity index (χ3v) is 7.22. The van der Waals surface area contributed by atoms with Gasteiger partial charge in [-0.05, 0) is 67.2 Å². The van der Waals surface area contributed by atoms with E-state index in [1.54, 1.807) is 0 Å². The Morgan fingerprint density at radius 3 is 2.39 bits per heavy atom. The topological polar surface area (TPSA) is 38.0 Å². The summed E-state index contributed by atoms with van der Waals surface area (Å²) in [5, 5.41) is 8.25. The van der Waals surface area contributed by atoms with Gasteiger partial charge in [0.2, 0.25) is 0 Å². The first-order chi connectivity index (χ1) is 15.9. The highest BCUT2D eigenvalue weighted by atomic mass is 14.9. The van der Waals surface area contributed by atoms with E-state index >= 15 is 0 Å². The standard InChI is InChI=1S/C31H32N2/c1-20-14-16-23(17-15-20)33-30-25-13-9-8-12-24(25)29(32)26-19-28-22(18-27(26)30)11-7-5-6-10-21(2)31(28,3)4/h6,8-10,12-19,33H,2,5,7,11,32H2,1,3-4H3/b10-6-. The van der Waals surface area contributed by atoms with Crippen LogP contribution in [0.1, 0.15) is 43.4 Å². The zero-order valence-corrected chi connectivity index (χ0v) is 19.8. The zero-order valence-electron chi connectivity index (χ0n) is 19.8. The fourth-order valence-corrected chi connectivity index (χ4v) is 5.02. The van der Waals surface area contributed by atoms with Crippen molar-refractivity contribution < 1.29 is 0 Å². The first kappa shape index (κ1) is 21.3. The number of nitrogen functional groups attached to an aromatic ring is 1.